The fourth-order valence-electron chi connectivity index (χ4n) is 3.68. The minimum Gasteiger partial charge on any atom is -0.497 e. The van der Waals surface area contributed by atoms with Crippen molar-refractivity contribution in [1.82, 2.24) is 15.3 Å². The van der Waals surface area contributed by atoms with E-state index in [0.29, 0.717) is 53.5 Å². The van der Waals surface area contributed by atoms with Crippen LogP contribution in [0.25, 0.3) is 11.3 Å². The number of nitriles is 1. The van der Waals surface area contributed by atoms with Crippen molar-refractivity contribution >= 4 is 11.7 Å². The first kappa shape index (κ1) is 24.4. The van der Waals surface area contributed by atoms with Gasteiger partial charge < -0.3 is 15.4 Å². The Morgan fingerprint density at radius 3 is 2.69 bits per heavy atom. The molecule has 0 radical (unpaired) electrons. The highest BCUT2D eigenvalue weighted by molar-refractivity contribution is 5.99. The summed E-state index contributed by atoms with van der Waals surface area (Å²) in [5.41, 5.74) is 3.58. The van der Waals surface area contributed by atoms with Crippen LogP contribution in [0.3, 0.4) is 0 Å². The summed E-state index contributed by atoms with van der Waals surface area (Å²) in [5, 5.41) is 15.7. The number of carbonyl (C=O) groups excluding carboxylic acids is 1. The van der Waals surface area contributed by atoms with Crippen LogP contribution in [0, 0.1) is 17.1 Å². The number of aromatic nitrogens is 2. The highest BCUT2D eigenvalue weighted by atomic mass is 19.1. The zero-order valence-electron chi connectivity index (χ0n) is 19.7. The number of methoxy groups -OCH3 is 1. The van der Waals surface area contributed by atoms with Gasteiger partial charge in [-0.25, -0.2) is 9.37 Å². The summed E-state index contributed by atoms with van der Waals surface area (Å²) < 4.78 is 18.9. The van der Waals surface area contributed by atoms with Gasteiger partial charge in [0, 0.05) is 31.0 Å². The summed E-state index contributed by atoms with van der Waals surface area (Å²) in [5.74, 6) is 0.339. The number of nitrogens with one attached hydrogen (secondary N) is 2. The molecular formula is C28H24FN5O2. The molecule has 0 atom stereocenters. The van der Waals surface area contributed by atoms with Crippen molar-refractivity contribution in [3.8, 4) is 23.1 Å². The summed E-state index contributed by atoms with van der Waals surface area (Å²) >= 11 is 0. The molecule has 4 rings (SSSR count). The number of rotatable bonds is 9. The van der Waals surface area contributed by atoms with Crippen molar-refractivity contribution in [2.45, 2.75) is 13.0 Å². The molecule has 36 heavy (non-hydrogen) atoms. The molecule has 4 aromatic rings. The first-order valence-electron chi connectivity index (χ1n) is 11.3. The number of hydrogen-bond acceptors (Lipinski definition) is 6. The minimum absolute atomic E-state index is 0.301. The van der Waals surface area contributed by atoms with Crippen LogP contribution in [0.1, 0.15) is 27.0 Å². The van der Waals surface area contributed by atoms with E-state index in [4.69, 9.17) is 4.74 Å². The van der Waals surface area contributed by atoms with Gasteiger partial charge in [0.1, 0.15) is 17.4 Å². The molecule has 1 amide bonds. The van der Waals surface area contributed by atoms with Gasteiger partial charge in [0.05, 0.1) is 30.0 Å². The Bertz CT molecular complexity index is 1400. The third kappa shape index (κ3) is 6.02. The van der Waals surface area contributed by atoms with Gasteiger partial charge >= 0.3 is 0 Å². The number of benzene rings is 2. The molecular weight excluding hydrogens is 457 g/mol. The van der Waals surface area contributed by atoms with Crippen LogP contribution in [-0.4, -0.2) is 29.5 Å². The number of nitrogens with zero attached hydrogens (tertiary/aromatic N) is 3. The minimum atomic E-state index is -0.308. The summed E-state index contributed by atoms with van der Waals surface area (Å²) in [6.07, 6.45) is 3.89. The van der Waals surface area contributed by atoms with Gasteiger partial charge in [-0.1, -0.05) is 18.2 Å². The molecule has 0 spiro atoms. The second-order valence-corrected chi connectivity index (χ2v) is 7.97. The third-order valence-electron chi connectivity index (χ3n) is 5.53. The molecule has 2 N–H and O–H groups in total. The molecule has 0 saturated carbocycles. The first-order chi connectivity index (χ1) is 17.6. The summed E-state index contributed by atoms with van der Waals surface area (Å²) in [4.78, 5) is 21.8. The molecule has 0 aliphatic rings. The molecule has 0 fully saturated rings. The Morgan fingerprint density at radius 1 is 1.08 bits per heavy atom. The number of hydrogen-bond donors (Lipinski definition) is 2. The lowest BCUT2D eigenvalue weighted by Crippen LogP contribution is -2.25. The molecule has 0 unspecified atom stereocenters. The smallest absolute Gasteiger partial charge is 0.255 e. The number of anilines is 1. The van der Waals surface area contributed by atoms with Crippen molar-refractivity contribution < 1.29 is 13.9 Å². The topological polar surface area (TPSA) is 99.9 Å². The normalized spacial score (nSPS) is 10.4. The van der Waals surface area contributed by atoms with Gasteiger partial charge in [0.15, 0.2) is 0 Å². The van der Waals surface area contributed by atoms with Crippen LogP contribution >= 0.6 is 0 Å². The molecule has 2 aromatic heterocycles. The quantitative estimate of drug-likeness (QED) is 0.358. The zero-order chi connectivity index (χ0) is 25.3. The predicted molar refractivity (Wildman–Crippen MR) is 135 cm³/mol. The average molecular weight is 482 g/mol. The number of carbonyl (C=O) groups is 1. The largest absolute Gasteiger partial charge is 0.497 e. The molecule has 0 saturated heterocycles. The molecule has 7 nitrogen and oxygen atoms in total. The van der Waals surface area contributed by atoms with Gasteiger partial charge in [-0.2, -0.15) is 5.26 Å². The van der Waals surface area contributed by atoms with Crippen LogP contribution in [0.5, 0.6) is 5.75 Å². The number of halogens is 1. The Kier molecular flexibility index (Phi) is 7.83. The maximum atomic E-state index is 13.6. The number of ether oxygens (including phenoxy) is 1. The lowest BCUT2D eigenvalue weighted by molar-refractivity contribution is 0.0951. The third-order valence-corrected chi connectivity index (χ3v) is 5.53. The van der Waals surface area contributed by atoms with E-state index in [1.54, 1.807) is 62.0 Å². The summed E-state index contributed by atoms with van der Waals surface area (Å²) in [6, 6.07) is 20.7. The van der Waals surface area contributed by atoms with Gasteiger partial charge in [0.25, 0.3) is 5.91 Å². The van der Waals surface area contributed by atoms with Gasteiger partial charge in [0.2, 0.25) is 0 Å². The van der Waals surface area contributed by atoms with Crippen molar-refractivity contribution in [2.24, 2.45) is 0 Å². The zero-order valence-corrected chi connectivity index (χ0v) is 19.7. The molecule has 0 bridgehead atoms. The van der Waals surface area contributed by atoms with E-state index >= 15 is 0 Å². The SMILES string of the molecule is COc1ccc(C#N)c(-c2ccc(C(=O)NCc3cccnc3)c(NCCc3cccc(F)c3)n2)c1. The molecule has 8 heteroatoms. The fourth-order valence-corrected chi connectivity index (χ4v) is 3.68. The maximum absolute atomic E-state index is 13.6. The second kappa shape index (κ2) is 11.6. The molecule has 2 aromatic carbocycles. The number of amides is 1. The Hall–Kier alpha value is -4.77. The standard InChI is InChI=1S/C28H24FN5O2/c1-36-23-8-7-21(16-30)25(15-23)26-10-9-24(28(35)33-18-20-5-3-12-31-17-20)27(34-26)32-13-11-19-4-2-6-22(29)14-19/h2-10,12,14-15,17H,11,13,18H2,1H3,(H,32,34)(H,33,35). The van der Waals surface area contributed by atoms with E-state index in [2.05, 4.69) is 26.7 Å². The van der Waals surface area contributed by atoms with Gasteiger partial charge in [-0.3, -0.25) is 9.78 Å². The van der Waals surface area contributed by atoms with E-state index in [-0.39, 0.29) is 11.7 Å². The summed E-state index contributed by atoms with van der Waals surface area (Å²) in [6.45, 7) is 0.734. The van der Waals surface area contributed by atoms with E-state index in [0.717, 1.165) is 11.1 Å². The lowest BCUT2D eigenvalue weighted by atomic mass is 10.0. The maximum Gasteiger partial charge on any atom is 0.255 e. The van der Waals surface area contributed by atoms with Crippen molar-refractivity contribution in [1.29, 1.82) is 5.26 Å². The monoisotopic (exact) mass is 481 g/mol. The van der Waals surface area contributed by atoms with Crippen LogP contribution in [0.2, 0.25) is 0 Å². The predicted octanol–water partition coefficient (Wildman–Crippen LogP) is 4.75. The van der Waals surface area contributed by atoms with Crippen molar-refractivity contribution in [3.63, 3.8) is 0 Å². The molecule has 180 valence electrons. The van der Waals surface area contributed by atoms with Gasteiger partial charge in [-0.15, -0.1) is 0 Å². The second-order valence-electron chi connectivity index (χ2n) is 7.97. The van der Waals surface area contributed by atoms with E-state index < -0.39 is 0 Å². The Labute approximate surface area is 208 Å². The Balaban J connectivity index is 1.62. The van der Waals surface area contributed by atoms with Gasteiger partial charge in [-0.05, 0) is 66.1 Å². The van der Waals surface area contributed by atoms with Crippen molar-refractivity contribution in [2.75, 3.05) is 19.0 Å². The van der Waals surface area contributed by atoms with Crippen LogP contribution in [-0.2, 0) is 13.0 Å². The van der Waals surface area contributed by atoms with Crippen LogP contribution < -0.4 is 15.4 Å². The van der Waals surface area contributed by atoms with Crippen molar-refractivity contribution in [3.05, 3.63) is 107 Å². The molecule has 2 heterocycles. The van der Waals surface area contributed by atoms with E-state index in [9.17, 15) is 14.4 Å². The van der Waals surface area contributed by atoms with E-state index in [1.807, 2.05) is 12.1 Å². The number of pyridine rings is 2. The summed E-state index contributed by atoms with van der Waals surface area (Å²) in [7, 11) is 1.55. The Morgan fingerprint density at radius 2 is 1.94 bits per heavy atom. The first-order valence-corrected chi connectivity index (χ1v) is 11.3. The van der Waals surface area contributed by atoms with Crippen LogP contribution in [0.15, 0.2) is 79.1 Å². The fraction of sp³-hybridized carbons (Fsp3) is 0.143. The lowest BCUT2D eigenvalue weighted by Gasteiger charge is -2.14. The molecule has 0 aliphatic heterocycles. The van der Waals surface area contributed by atoms with Crippen LogP contribution in [0.4, 0.5) is 10.2 Å². The molecule has 0 aliphatic carbocycles. The highest BCUT2D eigenvalue weighted by Crippen LogP contribution is 2.28. The van der Waals surface area contributed by atoms with E-state index in [1.165, 1.54) is 12.1 Å². The average Bonchev–Trinajstić information content (AvgIpc) is 2.92. The highest BCUT2D eigenvalue weighted by Gasteiger charge is 2.16.